The van der Waals surface area contributed by atoms with Gasteiger partial charge in [0.15, 0.2) is 0 Å². The Hall–Kier alpha value is -1.75. The quantitative estimate of drug-likeness (QED) is 0.731. The van der Waals surface area contributed by atoms with Crippen LogP contribution in [0.3, 0.4) is 0 Å². The van der Waals surface area contributed by atoms with Crippen molar-refractivity contribution in [1.82, 2.24) is 5.32 Å². The zero-order valence-electron chi connectivity index (χ0n) is 8.48. The molecule has 0 aromatic heterocycles. The maximum atomic E-state index is 11.3. The molecule has 1 aromatic rings. The van der Waals surface area contributed by atoms with Crippen molar-refractivity contribution in [3.8, 4) is 5.75 Å². The predicted octanol–water partition coefficient (Wildman–Crippen LogP) is 2.02. The topological polar surface area (TPSA) is 66.4 Å². The van der Waals surface area contributed by atoms with Gasteiger partial charge in [0.2, 0.25) is 0 Å². The number of imide groups is 1. The Morgan fingerprint density at radius 3 is 2.75 bits per heavy atom. The number of carbonyl (C=O) groups is 2. The Morgan fingerprint density at radius 1 is 1.38 bits per heavy atom. The molecular formula is C11H9NO3S. The third kappa shape index (κ3) is 2.09. The van der Waals surface area contributed by atoms with Gasteiger partial charge in [-0.15, -0.1) is 0 Å². The van der Waals surface area contributed by atoms with Crippen LogP contribution < -0.4 is 5.32 Å². The number of amides is 2. The average Bonchev–Trinajstić information content (AvgIpc) is 2.51. The number of hydrogen-bond donors (Lipinski definition) is 2. The Balaban J connectivity index is 2.39. The highest BCUT2D eigenvalue weighted by atomic mass is 32.2. The van der Waals surface area contributed by atoms with Gasteiger partial charge in [0.25, 0.3) is 11.1 Å². The molecule has 2 rings (SSSR count). The van der Waals surface area contributed by atoms with Gasteiger partial charge in [-0.2, -0.15) is 0 Å². The Kier molecular flexibility index (Phi) is 2.70. The van der Waals surface area contributed by atoms with E-state index in [1.54, 1.807) is 18.2 Å². The van der Waals surface area contributed by atoms with Crippen LogP contribution in [0.1, 0.15) is 11.1 Å². The van der Waals surface area contributed by atoms with E-state index in [2.05, 4.69) is 5.32 Å². The molecule has 0 saturated carbocycles. The van der Waals surface area contributed by atoms with E-state index in [1.807, 2.05) is 6.92 Å². The lowest BCUT2D eigenvalue weighted by atomic mass is 10.1. The minimum atomic E-state index is -0.420. The number of hydrogen-bond acceptors (Lipinski definition) is 4. The number of rotatable bonds is 1. The van der Waals surface area contributed by atoms with E-state index in [0.717, 1.165) is 17.3 Å². The molecule has 0 spiro atoms. The van der Waals surface area contributed by atoms with Crippen molar-refractivity contribution in [3.05, 3.63) is 34.2 Å². The normalized spacial score (nSPS) is 17.9. The minimum Gasteiger partial charge on any atom is -0.507 e. The zero-order chi connectivity index (χ0) is 11.7. The SMILES string of the molecule is Cc1ccc(O)c(/C=C2\SC(=O)NC2=O)c1. The Bertz CT molecular complexity index is 508. The lowest BCUT2D eigenvalue weighted by Crippen LogP contribution is -2.17. The van der Waals surface area contributed by atoms with Gasteiger partial charge in [-0.25, -0.2) is 0 Å². The molecule has 0 aliphatic carbocycles. The zero-order valence-corrected chi connectivity index (χ0v) is 9.30. The van der Waals surface area contributed by atoms with Gasteiger partial charge in [0, 0.05) is 5.56 Å². The Morgan fingerprint density at radius 2 is 2.12 bits per heavy atom. The van der Waals surface area contributed by atoms with E-state index in [-0.39, 0.29) is 11.0 Å². The number of carbonyl (C=O) groups excluding carboxylic acids is 2. The summed E-state index contributed by atoms with van der Waals surface area (Å²) in [6.45, 7) is 1.88. The third-order valence-corrected chi connectivity index (χ3v) is 2.92. The second kappa shape index (κ2) is 4.02. The van der Waals surface area contributed by atoms with Crippen LogP contribution in [-0.4, -0.2) is 16.3 Å². The molecule has 5 heteroatoms. The highest BCUT2D eigenvalue weighted by molar-refractivity contribution is 8.18. The maximum Gasteiger partial charge on any atom is 0.290 e. The molecular weight excluding hydrogens is 226 g/mol. The fourth-order valence-corrected chi connectivity index (χ4v) is 2.02. The van der Waals surface area contributed by atoms with E-state index in [0.29, 0.717) is 10.5 Å². The monoisotopic (exact) mass is 235 g/mol. The fraction of sp³-hybridized carbons (Fsp3) is 0.0909. The summed E-state index contributed by atoms with van der Waals surface area (Å²) in [7, 11) is 0. The van der Waals surface area contributed by atoms with Gasteiger partial charge in [-0.3, -0.25) is 14.9 Å². The van der Waals surface area contributed by atoms with Crippen molar-refractivity contribution in [1.29, 1.82) is 0 Å². The van der Waals surface area contributed by atoms with Crippen LogP contribution in [0, 0.1) is 6.92 Å². The number of aryl methyl sites for hydroxylation is 1. The molecule has 1 aliphatic heterocycles. The van der Waals surface area contributed by atoms with Crippen molar-refractivity contribution in [2.75, 3.05) is 0 Å². The summed E-state index contributed by atoms with van der Waals surface area (Å²) in [4.78, 5) is 22.5. The molecule has 1 fully saturated rings. The summed E-state index contributed by atoms with van der Waals surface area (Å²) in [6.07, 6.45) is 1.51. The smallest absolute Gasteiger partial charge is 0.290 e. The molecule has 1 aromatic carbocycles. The minimum absolute atomic E-state index is 0.0887. The van der Waals surface area contributed by atoms with Crippen molar-refractivity contribution >= 4 is 29.0 Å². The Labute approximate surface area is 96.4 Å². The van der Waals surface area contributed by atoms with Crippen LogP contribution in [-0.2, 0) is 4.79 Å². The van der Waals surface area contributed by atoms with Gasteiger partial charge >= 0.3 is 0 Å². The van der Waals surface area contributed by atoms with E-state index in [1.165, 1.54) is 6.08 Å². The molecule has 1 aliphatic rings. The summed E-state index contributed by atoms with van der Waals surface area (Å²) in [6, 6.07) is 5.07. The summed E-state index contributed by atoms with van der Waals surface area (Å²) < 4.78 is 0. The molecule has 16 heavy (non-hydrogen) atoms. The highest BCUT2D eigenvalue weighted by Gasteiger charge is 2.25. The van der Waals surface area contributed by atoms with Gasteiger partial charge in [0.05, 0.1) is 4.91 Å². The lowest BCUT2D eigenvalue weighted by molar-refractivity contribution is -0.115. The van der Waals surface area contributed by atoms with Gasteiger partial charge in [-0.1, -0.05) is 11.6 Å². The van der Waals surface area contributed by atoms with Gasteiger partial charge in [0.1, 0.15) is 5.75 Å². The van der Waals surface area contributed by atoms with Crippen LogP contribution in [0.25, 0.3) is 6.08 Å². The molecule has 2 amide bonds. The summed E-state index contributed by atoms with van der Waals surface area (Å²) >= 11 is 0.833. The first-order chi connectivity index (χ1) is 7.56. The molecule has 1 heterocycles. The van der Waals surface area contributed by atoms with E-state index >= 15 is 0 Å². The van der Waals surface area contributed by atoms with Gasteiger partial charge in [-0.05, 0) is 36.9 Å². The number of thioether (sulfide) groups is 1. The van der Waals surface area contributed by atoms with Crippen LogP contribution in [0.5, 0.6) is 5.75 Å². The van der Waals surface area contributed by atoms with Crippen LogP contribution >= 0.6 is 11.8 Å². The molecule has 0 atom stereocenters. The van der Waals surface area contributed by atoms with E-state index in [4.69, 9.17) is 0 Å². The number of benzene rings is 1. The highest BCUT2D eigenvalue weighted by Crippen LogP contribution is 2.28. The van der Waals surface area contributed by atoms with Crippen molar-refractivity contribution < 1.29 is 14.7 Å². The lowest BCUT2D eigenvalue weighted by Gasteiger charge is -2.00. The van der Waals surface area contributed by atoms with Crippen molar-refractivity contribution in [2.45, 2.75) is 6.92 Å². The van der Waals surface area contributed by atoms with E-state index < -0.39 is 5.91 Å². The van der Waals surface area contributed by atoms with Crippen LogP contribution in [0.15, 0.2) is 23.1 Å². The first kappa shape index (κ1) is 10.8. The predicted molar refractivity (Wildman–Crippen MR) is 62.0 cm³/mol. The molecule has 82 valence electrons. The van der Waals surface area contributed by atoms with Crippen molar-refractivity contribution in [2.24, 2.45) is 0 Å². The first-order valence-corrected chi connectivity index (χ1v) is 5.42. The second-order valence-corrected chi connectivity index (χ2v) is 4.43. The van der Waals surface area contributed by atoms with Crippen LogP contribution in [0.2, 0.25) is 0 Å². The number of phenolic OH excluding ortho intramolecular Hbond substituents is 1. The summed E-state index contributed by atoms with van der Waals surface area (Å²) in [5.41, 5.74) is 1.51. The fourth-order valence-electron chi connectivity index (χ4n) is 1.35. The molecule has 0 bridgehead atoms. The molecule has 4 nitrogen and oxygen atoms in total. The number of phenols is 1. The average molecular weight is 235 g/mol. The molecule has 0 radical (unpaired) electrons. The van der Waals surface area contributed by atoms with E-state index in [9.17, 15) is 14.7 Å². The second-order valence-electron chi connectivity index (χ2n) is 3.41. The summed E-state index contributed by atoms with van der Waals surface area (Å²) in [5.74, 6) is -0.332. The molecule has 2 N–H and O–H groups in total. The van der Waals surface area contributed by atoms with Gasteiger partial charge < -0.3 is 5.11 Å². The maximum absolute atomic E-state index is 11.3. The standard InChI is InChI=1S/C11H9NO3S/c1-6-2-3-8(13)7(4-6)5-9-10(14)12-11(15)16-9/h2-5,13H,1H3,(H,12,14,15)/b9-5-. The van der Waals surface area contributed by atoms with Crippen molar-refractivity contribution in [3.63, 3.8) is 0 Å². The number of nitrogens with one attached hydrogen (secondary N) is 1. The first-order valence-electron chi connectivity index (χ1n) is 4.61. The molecule has 1 saturated heterocycles. The molecule has 0 unspecified atom stereocenters. The third-order valence-electron chi connectivity index (χ3n) is 2.11. The largest absolute Gasteiger partial charge is 0.507 e. The number of aromatic hydroxyl groups is 1. The summed E-state index contributed by atoms with van der Waals surface area (Å²) in [5, 5.41) is 11.3. The van der Waals surface area contributed by atoms with Crippen LogP contribution in [0.4, 0.5) is 4.79 Å².